The van der Waals surface area contributed by atoms with Gasteiger partial charge < -0.3 is 9.84 Å². The van der Waals surface area contributed by atoms with Gasteiger partial charge in [0.2, 0.25) is 5.88 Å². The van der Waals surface area contributed by atoms with Crippen molar-refractivity contribution in [3.8, 4) is 17.4 Å². The van der Waals surface area contributed by atoms with E-state index in [0.717, 1.165) is 22.4 Å². The van der Waals surface area contributed by atoms with E-state index in [2.05, 4.69) is 56.1 Å². The highest BCUT2D eigenvalue weighted by Crippen LogP contribution is 2.62. The molecule has 6 rings (SSSR count). The van der Waals surface area contributed by atoms with Crippen LogP contribution in [-0.4, -0.2) is 19.9 Å². The molecular weight excluding hydrogens is 440 g/mol. The van der Waals surface area contributed by atoms with Crippen molar-refractivity contribution in [3.05, 3.63) is 95.6 Å². The van der Waals surface area contributed by atoms with E-state index in [0.29, 0.717) is 23.1 Å². The molecule has 0 saturated carbocycles. The Morgan fingerprint density at radius 1 is 0.971 bits per heavy atom. The number of thioether (sulfide) groups is 1. The number of aromatic hydroxyl groups is 1. The van der Waals surface area contributed by atoms with Crippen LogP contribution in [0.15, 0.2) is 83.9 Å². The minimum Gasteiger partial charge on any atom is -0.506 e. The number of aliphatic imine (C=N–C) groups is 1. The fourth-order valence-electron chi connectivity index (χ4n) is 5.68. The molecule has 0 spiro atoms. The van der Waals surface area contributed by atoms with Crippen LogP contribution in [0.5, 0.6) is 17.4 Å². The van der Waals surface area contributed by atoms with E-state index in [1.807, 2.05) is 54.2 Å². The molecule has 170 valence electrons. The van der Waals surface area contributed by atoms with E-state index < -0.39 is 0 Å². The maximum absolute atomic E-state index is 10.2. The molecule has 2 atom stereocenters. The van der Waals surface area contributed by atoms with Gasteiger partial charge in [-0.3, -0.25) is 4.99 Å². The van der Waals surface area contributed by atoms with Crippen LogP contribution in [0, 0.1) is 5.92 Å². The second kappa shape index (κ2) is 7.60. The van der Waals surface area contributed by atoms with Crippen molar-refractivity contribution in [2.24, 2.45) is 10.9 Å². The summed E-state index contributed by atoms with van der Waals surface area (Å²) in [5.41, 5.74) is 4.13. The second-order valence-corrected chi connectivity index (χ2v) is 11.1. The summed E-state index contributed by atoms with van der Waals surface area (Å²) in [6, 6.07) is 25.9. The number of aromatic nitrogens is 1. The summed E-state index contributed by atoms with van der Waals surface area (Å²) in [6.45, 7) is 6.93. The Kier molecular flexibility index (Phi) is 4.75. The number of para-hydroxylation sites is 1. The third kappa shape index (κ3) is 3.07. The average Bonchev–Trinajstić information content (AvgIpc) is 3.26. The molecule has 1 aliphatic heterocycles. The topological polar surface area (TPSA) is 54.7 Å². The van der Waals surface area contributed by atoms with Crippen LogP contribution < -0.4 is 4.74 Å². The summed E-state index contributed by atoms with van der Waals surface area (Å²) in [5, 5.41) is 12.1. The number of phenols is 1. The standard InChI is InChI=1S/C29H26N2O2S/c1-18(2)29-23-12-5-4-8-21(23)17-28(29,3)34-27(31-29)20-10-6-11-22(16-20)33-25-15-14-19-9-7-13-24(32)26(19)30-25/h4-16,18,32H,17H2,1-3H3/t28-,29+/m1/s1. The molecular formula is C29H26N2O2S. The number of hydrogen-bond donors (Lipinski definition) is 1. The van der Waals surface area contributed by atoms with Gasteiger partial charge in [0.05, 0.1) is 9.79 Å². The van der Waals surface area contributed by atoms with Gasteiger partial charge in [-0.05, 0) is 54.7 Å². The average molecular weight is 467 g/mol. The molecule has 2 aliphatic rings. The van der Waals surface area contributed by atoms with Crippen molar-refractivity contribution in [1.29, 1.82) is 0 Å². The van der Waals surface area contributed by atoms with E-state index in [-0.39, 0.29) is 16.0 Å². The molecule has 1 aliphatic carbocycles. The number of ether oxygens (including phenoxy) is 1. The Morgan fingerprint density at radius 3 is 2.65 bits per heavy atom. The maximum atomic E-state index is 10.2. The smallest absolute Gasteiger partial charge is 0.219 e. The van der Waals surface area contributed by atoms with Gasteiger partial charge in [0.1, 0.15) is 22.6 Å². The first kappa shape index (κ1) is 21.2. The number of hydrogen-bond acceptors (Lipinski definition) is 5. The number of benzene rings is 3. The molecule has 0 radical (unpaired) electrons. The quantitative estimate of drug-likeness (QED) is 0.349. The highest BCUT2D eigenvalue weighted by Gasteiger charge is 2.61. The molecule has 3 aromatic carbocycles. The zero-order valence-electron chi connectivity index (χ0n) is 19.4. The minimum atomic E-state index is -0.238. The molecule has 4 aromatic rings. The first-order valence-electron chi connectivity index (χ1n) is 11.6. The van der Waals surface area contributed by atoms with E-state index in [9.17, 15) is 5.11 Å². The lowest BCUT2D eigenvalue weighted by atomic mass is 9.75. The monoisotopic (exact) mass is 466 g/mol. The summed E-state index contributed by atoms with van der Waals surface area (Å²) in [6.07, 6.45) is 1.01. The van der Waals surface area contributed by atoms with E-state index in [1.54, 1.807) is 6.07 Å². The predicted molar refractivity (Wildman–Crippen MR) is 139 cm³/mol. The Bertz CT molecular complexity index is 1460. The molecule has 4 nitrogen and oxygen atoms in total. The predicted octanol–water partition coefficient (Wildman–Crippen LogP) is 7.09. The summed E-state index contributed by atoms with van der Waals surface area (Å²) < 4.78 is 6.08. The number of phenolic OH excluding ortho intramolecular Hbond substituents is 1. The van der Waals surface area contributed by atoms with Crippen molar-refractivity contribution >= 4 is 27.7 Å². The van der Waals surface area contributed by atoms with Crippen LogP contribution >= 0.6 is 11.8 Å². The number of nitrogens with zero attached hydrogens (tertiary/aromatic N) is 2. The molecule has 1 N–H and O–H groups in total. The highest BCUT2D eigenvalue weighted by atomic mass is 32.2. The fourth-order valence-corrected chi connectivity index (χ4v) is 7.31. The van der Waals surface area contributed by atoms with Crippen molar-refractivity contribution in [2.45, 2.75) is 37.5 Å². The fraction of sp³-hybridized carbons (Fsp3) is 0.241. The molecule has 5 heteroatoms. The normalized spacial score (nSPS) is 23.1. The molecule has 0 saturated heterocycles. The van der Waals surface area contributed by atoms with E-state index >= 15 is 0 Å². The van der Waals surface area contributed by atoms with Crippen LogP contribution in [0.3, 0.4) is 0 Å². The van der Waals surface area contributed by atoms with Crippen LogP contribution in [0.4, 0.5) is 0 Å². The summed E-state index contributed by atoms with van der Waals surface area (Å²) >= 11 is 1.89. The lowest BCUT2D eigenvalue weighted by Gasteiger charge is -2.39. The summed E-state index contributed by atoms with van der Waals surface area (Å²) in [5.74, 6) is 1.67. The molecule has 34 heavy (non-hydrogen) atoms. The lowest BCUT2D eigenvalue weighted by Crippen LogP contribution is -2.43. The molecule has 0 amide bonds. The maximum Gasteiger partial charge on any atom is 0.219 e. The van der Waals surface area contributed by atoms with Crippen LogP contribution in [0.2, 0.25) is 0 Å². The number of pyridine rings is 1. The highest BCUT2D eigenvalue weighted by molar-refractivity contribution is 8.16. The number of rotatable bonds is 4. The Balaban J connectivity index is 1.37. The lowest BCUT2D eigenvalue weighted by molar-refractivity contribution is 0.273. The molecule has 1 aromatic heterocycles. The van der Waals surface area contributed by atoms with Crippen molar-refractivity contribution in [2.75, 3.05) is 0 Å². The molecule has 0 fully saturated rings. The third-order valence-electron chi connectivity index (χ3n) is 7.17. The van der Waals surface area contributed by atoms with E-state index in [1.165, 1.54) is 11.1 Å². The second-order valence-electron chi connectivity index (χ2n) is 9.63. The van der Waals surface area contributed by atoms with Crippen LogP contribution in [0.25, 0.3) is 10.9 Å². The van der Waals surface area contributed by atoms with Gasteiger partial charge in [-0.25, -0.2) is 4.98 Å². The summed E-state index contributed by atoms with van der Waals surface area (Å²) in [7, 11) is 0. The summed E-state index contributed by atoms with van der Waals surface area (Å²) in [4.78, 5) is 9.95. The van der Waals surface area contributed by atoms with Gasteiger partial charge in [-0.15, -0.1) is 0 Å². The Labute approximate surface area is 203 Å². The first-order valence-corrected chi connectivity index (χ1v) is 12.5. The zero-order valence-corrected chi connectivity index (χ0v) is 20.3. The van der Waals surface area contributed by atoms with Gasteiger partial charge >= 0.3 is 0 Å². The van der Waals surface area contributed by atoms with Crippen LogP contribution in [-0.2, 0) is 12.0 Å². The van der Waals surface area contributed by atoms with Gasteiger partial charge in [-0.2, -0.15) is 0 Å². The molecule has 0 bridgehead atoms. The van der Waals surface area contributed by atoms with Crippen molar-refractivity contribution in [3.63, 3.8) is 0 Å². The third-order valence-corrected chi connectivity index (χ3v) is 8.60. The molecule has 0 unspecified atom stereocenters. The van der Waals surface area contributed by atoms with Gasteiger partial charge in [0.15, 0.2) is 0 Å². The first-order chi connectivity index (χ1) is 16.4. The van der Waals surface area contributed by atoms with Crippen molar-refractivity contribution < 1.29 is 9.84 Å². The minimum absolute atomic E-state index is 0.0194. The van der Waals surface area contributed by atoms with Gasteiger partial charge in [0, 0.05) is 17.0 Å². The van der Waals surface area contributed by atoms with Gasteiger partial charge in [0.25, 0.3) is 0 Å². The zero-order chi connectivity index (χ0) is 23.5. The molecule has 2 heterocycles. The van der Waals surface area contributed by atoms with Crippen LogP contribution in [0.1, 0.15) is 37.5 Å². The SMILES string of the molecule is CC(C)[C@@]12N=C(c3cccc(Oc4ccc5cccc(O)c5n4)c3)S[C@]1(C)Cc1ccccc12. The Hall–Kier alpha value is -3.31. The van der Waals surface area contributed by atoms with E-state index in [4.69, 9.17) is 9.73 Å². The number of fused-ring (bicyclic) bond motifs is 4. The largest absolute Gasteiger partial charge is 0.506 e. The van der Waals surface area contributed by atoms with Gasteiger partial charge in [-0.1, -0.05) is 74.1 Å². The Morgan fingerprint density at radius 2 is 1.79 bits per heavy atom. The van der Waals surface area contributed by atoms with Crippen molar-refractivity contribution in [1.82, 2.24) is 4.98 Å².